The Morgan fingerprint density at radius 2 is 2.00 bits per heavy atom. The molecule has 0 saturated carbocycles. The molecule has 1 atom stereocenters. The van der Waals surface area contributed by atoms with Crippen LogP contribution in [0.5, 0.6) is 0 Å². The highest BCUT2D eigenvalue weighted by Gasteiger charge is 2.09. The zero-order valence-electron chi connectivity index (χ0n) is 8.54. The molecule has 0 aromatic rings. The summed E-state index contributed by atoms with van der Waals surface area (Å²) in [5, 5.41) is 0. The molecule has 0 heterocycles. The highest BCUT2D eigenvalue weighted by Crippen LogP contribution is 1.92. The maximum Gasteiger partial charge on any atom is 0.211 e. The van der Waals surface area contributed by atoms with Crippen LogP contribution in [0.2, 0.25) is 0 Å². The number of nitrogens with one attached hydrogen (secondary N) is 1. The number of hydrogen-bond donors (Lipinski definition) is 1. The van der Waals surface area contributed by atoms with Gasteiger partial charge in [0.2, 0.25) is 10.0 Å². The third-order valence-electron chi connectivity index (χ3n) is 1.51. The molecule has 0 spiro atoms. The van der Waals surface area contributed by atoms with Crippen LogP contribution >= 0.6 is 0 Å². The van der Waals surface area contributed by atoms with Gasteiger partial charge in [-0.05, 0) is 20.3 Å². The molecule has 0 radical (unpaired) electrons. The smallest absolute Gasteiger partial charge is 0.211 e. The third-order valence-corrected chi connectivity index (χ3v) is 3.07. The molecular weight excluding hydrogens is 190 g/mol. The van der Waals surface area contributed by atoms with Crippen LogP contribution in [-0.2, 0) is 14.8 Å². The standard InChI is InChI=1S/C8H19NO3S/c1-4-6-13(10,11)9-7-8(3)12-5-2/h8-9H,4-7H2,1-3H3. The van der Waals surface area contributed by atoms with Crippen LogP contribution in [0.3, 0.4) is 0 Å². The normalized spacial score (nSPS) is 14.4. The van der Waals surface area contributed by atoms with E-state index in [9.17, 15) is 8.42 Å². The van der Waals surface area contributed by atoms with Gasteiger partial charge < -0.3 is 4.74 Å². The highest BCUT2D eigenvalue weighted by molar-refractivity contribution is 7.89. The molecular formula is C8H19NO3S. The molecule has 5 heteroatoms. The lowest BCUT2D eigenvalue weighted by molar-refractivity contribution is 0.0799. The quantitative estimate of drug-likeness (QED) is 0.673. The van der Waals surface area contributed by atoms with E-state index in [2.05, 4.69) is 4.72 Å². The first-order valence-corrected chi connectivity index (χ1v) is 6.26. The van der Waals surface area contributed by atoms with Crippen LogP contribution in [0.15, 0.2) is 0 Å². The van der Waals surface area contributed by atoms with E-state index in [0.29, 0.717) is 19.6 Å². The molecule has 0 bridgehead atoms. The van der Waals surface area contributed by atoms with Gasteiger partial charge in [0.1, 0.15) is 0 Å². The Kier molecular flexibility index (Phi) is 6.28. The Morgan fingerprint density at radius 1 is 1.38 bits per heavy atom. The molecule has 80 valence electrons. The van der Waals surface area contributed by atoms with Crippen molar-refractivity contribution in [1.29, 1.82) is 0 Å². The van der Waals surface area contributed by atoms with Gasteiger partial charge in [-0.15, -0.1) is 0 Å². The minimum Gasteiger partial charge on any atom is -0.377 e. The lowest BCUT2D eigenvalue weighted by Crippen LogP contribution is -2.33. The van der Waals surface area contributed by atoms with Crippen molar-refractivity contribution in [3.63, 3.8) is 0 Å². The molecule has 1 N–H and O–H groups in total. The van der Waals surface area contributed by atoms with Gasteiger partial charge in [0.15, 0.2) is 0 Å². The molecule has 0 aliphatic heterocycles. The van der Waals surface area contributed by atoms with Gasteiger partial charge in [-0.1, -0.05) is 6.92 Å². The minimum absolute atomic E-state index is 0.0587. The van der Waals surface area contributed by atoms with E-state index in [1.807, 2.05) is 20.8 Å². The first-order chi connectivity index (χ1) is 6.02. The van der Waals surface area contributed by atoms with Gasteiger partial charge in [-0.2, -0.15) is 0 Å². The van der Waals surface area contributed by atoms with Crippen LogP contribution in [-0.4, -0.2) is 33.4 Å². The summed E-state index contributed by atoms with van der Waals surface area (Å²) < 4.78 is 30.0. The molecule has 0 aromatic heterocycles. The second-order valence-corrected chi connectivity index (χ2v) is 4.86. The van der Waals surface area contributed by atoms with Crippen LogP contribution in [0.1, 0.15) is 27.2 Å². The van der Waals surface area contributed by atoms with Crippen LogP contribution in [0, 0.1) is 0 Å². The summed E-state index contributed by atoms with van der Waals surface area (Å²) in [6.45, 7) is 6.53. The number of hydrogen-bond acceptors (Lipinski definition) is 3. The molecule has 0 aliphatic carbocycles. The first-order valence-electron chi connectivity index (χ1n) is 4.60. The molecule has 0 rings (SSSR count). The topological polar surface area (TPSA) is 55.4 Å². The molecule has 1 unspecified atom stereocenters. The van der Waals surface area contributed by atoms with Gasteiger partial charge in [-0.25, -0.2) is 13.1 Å². The van der Waals surface area contributed by atoms with E-state index in [1.54, 1.807) is 0 Å². The van der Waals surface area contributed by atoms with Crippen molar-refractivity contribution in [2.75, 3.05) is 18.9 Å². The van der Waals surface area contributed by atoms with Crippen molar-refractivity contribution in [2.45, 2.75) is 33.3 Å². The Bertz CT molecular complexity index is 213. The van der Waals surface area contributed by atoms with E-state index >= 15 is 0 Å². The minimum atomic E-state index is -3.08. The van der Waals surface area contributed by atoms with E-state index < -0.39 is 10.0 Å². The second kappa shape index (κ2) is 6.34. The fraction of sp³-hybridized carbons (Fsp3) is 1.00. The van der Waals surface area contributed by atoms with E-state index in [1.165, 1.54) is 0 Å². The second-order valence-electron chi connectivity index (χ2n) is 2.93. The molecule has 0 fully saturated rings. The summed E-state index contributed by atoms with van der Waals surface area (Å²) in [5.74, 6) is 0.186. The maximum atomic E-state index is 11.2. The van der Waals surface area contributed by atoms with Crippen LogP contribution < -0.4 is 4.72 Å². The molecule has 4 nitrogen and oxygen atoms in total. The fourth-order valence-corrected chi connectivity index (χ4v) is 2.10. The predicted molar refractivity (Wildman–Crippen MR) is 53.2 cm³/mol. The summed E-state index contributed by atoms with van der Waals surface area (Å²) in [4.78, 5) is 0. The van der Waals surface area contributed by atoms with Crippen LogP contribution in [0.4, 0.5) is 0 Å². The zero-order chi connectivity index (χ0) is 10.3. The summed E-state index contributed by atoms with van der Waals surface area (Å²) in [5.41, 5.74) is 0. The van der Waals surface area contributed by atoms with Crippen molar-refractivity contribution < 1.29 is 13.2 Å². The first kappa shape index (κ1) is 12.9. The zero-order valence-corrected chi connectivity index (χ0v) is 9.36. The van der Waals surface area contributed by atoms with Gasteiger partial charge in [0.25, 0.3) is 0 Å². The SMILES string of the molecule is CCCS(=O)(=O)NCC(C)OCC. The predicted octanol–water partition coefficient (Wildman–Crippen LogP) is 0.741. The average molecular weight is 209 g/mol. The van der Waals surface area contributed by atoms with Gasteiger partial charge >= 0.3 is 0 Å². The Hall–Kier alpha value is -0.130. The summed E-state index contributed by atoms with van der Waals surface area (Å²) in [7, 11) is -3.08. The largest absolute Gasteiger partial charge is 0.377 e. The van der Waals surface area contributed by atoms with Gasteiger partial charge in [0, 0.05) is 13.2 Å². The Morgan fingerprint density at radius 3 is 2.46 bits per heavy atom. The summed E-state index contributed by atoms with van der Waals surface area (Å²) in [6, 6.07) is 0. The molecule has 0 aromatic carbocycles. The van der Waals surface area contributed by atoms with Crippen molar-refractivity contribution in [3.8, 4) is 0 Å². The van der Waals surface area contributed by atoms with E-state index in [0.717, 1.165) is 0 Å². The number of sulfonamides is 1. The van der Waals surface area contributed by atoms with E-state index in [-0.39, 0.29) is 11.9 Å². The number of rotatable bonds is 7. The van der Waals surface area contributed by atoms with Gasteiger partial charge in [-0.3, -0.25) is 0 Å². The maximum absolute atomic E-state index is 11.2. The molecule has 0 amide bonds. The highest BCUT2D eigenvalue weighted by atomic mass is 32.2. The Labute approximate surface area is 80.7 Å². The van der Waals surface area contributed by atoms with Crippen molar-refractivity contribution in [2.24, 2.45) is 0 Å². The van der Waals surface area contributed by atoms with Crippen molar-refractivity contribution in [1.82, 2.24) is 4.72 Å². The summed E-state index contributed by atoms with van der Waals surface area (Å²) in [6.07, 6.45) is 0.579. The molecule has 0 aliphatic rings. The molecule has 0 saturated heterocycles. The van der Waals surface area contributed by atoms with Crippen molar-refractivity contribution >= 4 is 10.0 Å². The van der Waals surface area contributed by atoms with E-state index in [4.69, 9.17) is 4.74 Å². The van der Waals surface area contributed by atoms with Crippen molar-refractivity contribution in [3.05, 3.63) is 0 Å². The van der Waals surface area contributed by atoms with Crippen LogP contribution in [0.25, 0.3) is 0 Å². The monoisotopic (exact) mass is 209 g/mol. The fourth-order valence-electron chi connectivity index (χ4n) is 0.929. The third kappa shape index (κ3) is 6.98. The lowest BCUT2D eigenvalue weighted by Gasteiger charge is -2.12. The van der Waals surface area contributed by atoms with Gasteiger partial charge in [0.05, 0.1) is 11.9 Å². The summed E-state index contributed by atoms with van der Waals surface area (Å²) >= 11 is 0. The number of ether oxygens (including phenoxy) is 1. The molecule has 13 heavy (non-hydrogen) atoms. The lowest BCUT2D eigenvalue weighted by atomic mass is 10.4. The average Bonchev–Trinajstić information content (AvgIpc) is 2.02. The Balaban J connectivity index is 3.74.